The van der Waals surface area contributed by atoms with E-state index in [0.29, 0.717) is 11.5 Å². The van der Waals surface area contributed by atoms with Gasteiger partial charge in [0.05, 0.1) is 7.11 Å². The molecule has 0 amide bonds. The molecule has 0 bridgehead atoms. The molecule has 2 aromatic rings. The summed E-state index contributed by atoms with van der Waals surface area (Å²) in [5.41, 5.74) is 0.0871. The van der Waals surface area contributed by atoms with Gasteiger partial charge < -0.3 is 19.0 Å². The average Bonchev–Trinajstić information content (AvgIpc) is 2.81. The van der Waals surface area contributed by atoms with Crippen molar-refractivity contribution in [2.24, 2.45) is 0 Å². The molecule has 1 N–H and O–H groups in total. The van der Waals surface area contributed by atoms with Gasteiger partial charge in [-0.05, 0) is 31.2 Å². The van der Waals surface area contributed by atoms with E-state index in [9.17, 15) is 4.79 Å². The van der Waals surface area contributed by atoms with Crippen LogP contribution in [0.2, 0.25) is 0 Å². The van der Waals surface area contributed by atoms with Crippen molar-refractivity contribution in [1.29, 1.82) is 0 Å². The van der Waals surface area contributed by atoms with E-state index in [-0.39, 0.29) is 17.9 Å². The summed E-state index contributed by atoms with van der Waals surface area (Å²) in [4.78, 5) is 11.1. The quantitative estimate of drug-likeness (QED) is 0.897. The maximum absolute atomic E-state index is 11.1. The predicted molar refractivity (Wildman–Crippen MR) is 67.7 cm³/mol. The molecule has 0 aliphatic rings. The van der Waals surface area contributed by atoms with E-state index in [1.54, 1.807) is 18.2 Å². The molecule has 5 heteroatoms. The molecule has 5 nitrogen and oxygen atoms in total. The van der Waals surface area contributed by atoms with Crippen LogP contribution in [0, 0.1) is 6.92 Å². The van der Waals surface area contributed by atoms with Gasteiger partial charge in [0.2, 0.25) is 0 Å². The van der Waals surface area contributed by atoms with Crippen LogP contribution in [0.15, 0.2) is 34.7 Å². The second-order valence-electron chi connectivity index (χ2n) is 3.97. The molecule has 19 heavy (non-hydrogen) atoms. The number of aryl methyl sites for hydroxylation is 1. The zero-order valence-electron chi connectivity index (χ0n) is 10.7. The van der Waals surface area contributed by atoms with Crippen LogP contribution in [-0.4, -0.2) is 18.2 Å². The molecule has 0 unspecified atom stereocenters. The number of hydrogen-bond donors (Lipinski definition) is 1. The molecule has 0 atom stereocenters. The zero-order chi connectivity index (χ0) is 13.8. The number of benzene rings is 1. The Morgan fingerprint density at radius 3 is 2.68 bits per heavy atom. The van der Waals surface area contributed by atoms with E-state index >= 15 is 0 Å². The largest absolute Gasteiger partial charge is 0.497 e. The van der Waals surface area contributed by atoms with E-state index < -0.39 is 5.97 Å². The van der Waals surface area contributed by atoms with E-state index in [1.165, 1.54) is 13.2 Å². The number of carboxylic acids is 1. The molecular formula is C14H14O5. The highest BCUT2D eigenvalue weighted by Gasteiger charge is 2.13. The van der Waals surface area contributed by atoms with Crippen molar-refractivity contribution < 1.29 is 23.8 Å². The molecule has 1 aromatic carbocycles. The van der Waals surface area contributed by atoms with Crippen LogP contribution in [0.25, 0.3) is 0 Å². The average molecular weight is 262 g/mol. The molecule has 0 aliphatic heterocycles. The normalized spacial score (nSPS) is 10.2. The van der Waals surface area contributed by atoms with Crippen molar-refractivity contribution in [2.45, 2.75) is 13.5 Å². The first-order valence-corrected chi connectivity index (χ1v) is 5.69. The molecule has 100 valence electrons. The number of carboxylic acid groups (broad SMARTS) is 1. The van der Waals surface area contributed by atoms with E-state index in [2.05, 4.69) is 0 Å². The number of rotatable bonds is 5. The van der Waals surface area contributed by atoms with Crippen LogP contribution in [-0.2, 0) is 6.61 Å². The maximum atomic E-state index is 11.1. The number of carbonyl (C=O) groups is 1. The van der Waals surface area contributed by atoms with Crippen LogP contribution in [0.4, 0.5) is 0 Å². The highest BCUT2D eigenvalue weighted by molar-refractivity contribution is 5.91. The zero-order valence-corrected chi connectivity index (χ0v) is 10.7. The van der Waals surface area contributed by atoms with Gasteiger partial charge in [0, 0.05) is 6.07 Å². The van der Waals surface area contributed by atoms with E-state index in [0.717, 1.165) is 5.76 Å². The standard InChI is InChI=1S/C14H14O5/c1-9-3-4-11(19-9)8-18-13-7-10(17-2)5-6-12(13)14(15)16/h3-7H,8H2,1-2H3,(H,15,16). The lowest BCUT2D eigenvalue weighted by Gasteiger charge is -2.09. The number of hydrogen-bond acceptors (Lipinski definition) is 4. The summed E-state index contributed by atoms with van der Waals surface area (Å²) in [7, 11) is 1.51. The Balaban J connectivity index is 2.19. The Labute approximate surface area is 110 Å². The first-order chi connectivity index (χ1) is 9.10. The van der Waals surface area contributed by atoms with Crippen molar-refractivity contribution >= 4 is 5.97 Å². The van der Waals surface area contributed by atoms with Crippen molar-refractivity contribution in [3.63, 3.8) is 0 Å². The molecule has 0 saturated carbocycles. The lowest BCUT2D eigenvalue weighted by atomic mass is 10.2. The van der Waals surface area contributed by atoms with Crippen LogP contribution >= 0.6 is 0 Å². The van der Waals surface area contributed by atoms with Gasteiger partial charge in [-0.2, -0.15) is 0 Å². The molecular weight excluding hydrogens is 248 g/mol. The summed E-state index contributed by atoms with van der Waals surface area (Å²) < 4.78 is 15.9. The van der Waals surface area contributed by atoms with Crippen LogP contribution < -0.4 is 9.47 Å². The fourth-order valence-electron chi connectivity index (χ4n) is 1.64. The second kappa shape index (κ2) is 5.48. The lowest BCUT2D eigenvalue weighted by molar-refractivity contribution is 0.0691. The van der Waals surface area contributed by atoms with Crippen LogP contribution in [0.5, 0.6) is 11.5 Å². The minimum atomic E-state index is -1.05. The summed E-state index contributed by atoms with van der Waals surface area (Å²) in [5, 5.41) is 9.09. The Morgan fingerprint density at radius 1 is 1.32 bits per heavy atom. The Morgan fingerprint density at radius 2 is 2.11 bits per heavy atom. The van der Waals surface area contributed by atoms with Crippen LogP contribution in [0.3, 0.4) is 0 Å². The lowest BCUT2D eigenvalue weighted by Crippen LogP contribution is -2.03. The summed E-state index contributed by atoms with van der Waals surface area (Å²) in [6, 6.07) is 8.18. The molecule has 0 spiro atoms. The van der Waals surface area contributed by atoms with Gasteiger partial charge in [-0.3, -0.25) is 0 Å². The fraction of sp³-hybridized carbons (Fsp3) is 0.214. The summed E-state index contributed by atoms with van der Waals surface area (Å²) in [6.45, 7) is 2.00. The Bertz CT molecular complexity index is 585. The summed E-state index contributed by atoms with van der Waals surface area (Å²) >= 11 is 0. The van der Waals surface area contributed by atoms with Crippen molar-refractivity contribution in [1.82, 2.24) is 0 Å². The first kappa shape index (κ1) is 13.0. The van der Waals surface area contributed by atoms with Crippen LogP contribution in [0.1, 0.15) is 21.9 Å². The third-order valence-electron chi connectivity index (χ3n) is 2.59. The predicted octanol–water partition coefficient (Wildman–Crippen LogP) is 2.87. The first-order valence-electron chi connectivity index (χ1n) is 5.69. The van der Waals surface area contributed by atoms with Gasteiger partial charge in [0.25, 0.3) is 0 Å². The highest BCUT2D eigenvalue weighted by atomic mass is 16.5. The van der Waals surface area contributed by atoms with Gasteiger partial charge in [-0.15, -0.1) is 0 Å². The van der Waals surface area contributed by atoms with Gasteiger partial charge in [0.15, 0.2) is 0 Å². The number of aromatic carboxylic acids is 1. The minimum Gasteiger partial charge on any atom is -0.497 e. The van der Waals surface area contributed by atoms with Crippen molar-refractivity contribution in [3.05, 3.63) is 47.4 Å². The minimum absolute atomic E-state index is 0.0871. The van der Waals surface area contributed by atoms with Gasteiger partial charge in [-0.1, -0.05) is 0 Å². The maximum Gasteiger partial charge on any atom is 0.339 e. The third kappa shape index (κ3) is 3.07. The fourth-order valence-corrected chi connectivity index (χ4v) is 1.64. The monoisotopic (exact) mass is 262 g/mol. The Kier molecular flexibility index (Phi) is 3.75. The summed E-state index contributed by atoms with van der Waals surface area (Å²) in [6.07, 6.45) is 0. The molecule has 0 saturated heterocycles. The molecule has 2 rings (SSSR count). The third-order valence-corrected chi connectivity index (χ3v) is 2.59. The molecule has 1 heterocycles. The van der Waals surface area contributed by atoms with Gasteiger partial charge in [0.1, 0.15) is 35.2 Å². The highest BCUT2D eigenvalue weighted by Crippen LogP contribution is 2.26. The summed E-state index contributed by atoms with van der Waals surface area (Å²) in [5.74, 6) is 1.16. The smallest absolute Gasteiger partial charge is 0.339 e. The van der Waals surface area contributed by atoms with Crippen molar-refractivity contribution in [3.8, 4) is 11.5 Å². The molecule has 1 aromatic heterocycles. The second-order valence-corrected chi connectivity index (χ2v) is 3.97. The number of ether oxygens (including phenoxy) is 2. The Hall–Kier alpha value is -2.43. The number of methoxy groups -OCH3 is 1. The van der Waals surface area contributed by atoms with Gasteiger partial charge >= 0.3 is 5.97 Å². The SMILES string of the molecule is COc1ccc(C(=O)O)c(OCc2ccc(C)o2)c1. The topological polar surface area (TPSA) is 68.9 Å². The molecule has 0 fully saturated rings. The van der Waals surface area contributed by atoms with E-state index in [1.807, 2.05) is 13.0 Å². The van der Waals surface area contributed by atoms with Gasteiger partial charge in [-0.25, -0.2) is 4.79 Å². The van der Waals surface area contributed by atoms with Crippen molar-refractivity contribution in [2.75, 3.05) is 7.11 Å². The van der Waals surface area contributed by atoms with E-state index in [4.69, 9.17) is 19.0 Å². The number of furan rings is 1. The molecule has 0 radical (unpaired) electrons. The molecule has 0 aliphatic carbocycles.